The van der Waals surface area contributed by atoms with Gasteiger partial charge in [-0.1, -0.05) is 12.1 Å². The van der Waals surface area contributed by atoms with Gasteiger partial charge in [-0.05, 0) is 18.2 Å². The number of aromatic nitrogens is 3. The molecule has 0 saturated carbocycles. The van der Waals surface area contributed by atoms with E-state index < -0.39 is 0 Å². The third-order valence-corrected chi connectivity index (χ3v) is 2.47. The van der Waals surface area contributed by atoms with Crippen LogP contribution in [0.25, 0.3) is 22.6 Å². The fourth-order valence-electron chi connectivity index (χ4n) is 1.69. The minimum Gasteiger partial charge on any atom is -0.507 e. The lowest BCUT2D eigenvalue weighted by atomic mass is 10.1. The first-order chi connectivity index (χ1) is 7.84. The number of benzene rings is 1. The van der Waals surface area contributed by atoms with E-state index in [0.717, 1.165) is 22.6 Å². The van der Waals surface area contributed by atoms with Crippen LogP contribution in [0, 0.1) is 0 Å². The Morgan fingerprint density at radius 1 is 1.12 bits per heavy atom. The van der Waals surface area contributed by atoms with Gasteiger partial charge in [0, 0.05) is 5.56 Å². The number of rotatable bonds is 1. The van der Waals surface area contributed by atoms with Crippen molar-refractivity contribution in [2.75, 3.05) is 0 Å². The molecule has 0 aliphatic carbocycles. The van der Waals surface area contributed by atoms with Gasteiger partial charge in [-0.15, -0.1) is 0 Å². The molecule has 0 aromatic heterocycles. The highest BCUT2D eigenvalue weighted by molar-refractivity contribution is 5.74. The minimum absolute atomic E-state index is 0.235. The zero-order valence-corrected chi connectivity index (χ0v) is 8.38. The topological polar surface area (TPSA) is 61.8 Å². The van der Waals surface area contributed by atoms with Crippen LogP contribution >= 0.6 is 0 Å². The number of H-pyrrole nitrogens is 1. The lowest BCUT2D eigenvalue weighted by Gasteiger charge is -1.98. The molecule has 0 amide bonds. The summed E-state index contributed by atoms with van der Waals surface area (Å²) in [5.41, 5.74) is 3.18. The Morgan fingerprint density at radius 3 is 2.81 bits per heavy atom. The van der Waals surface area contributed by atoms with Gasteiger partial charge in [0.25, 0.3) is 0 Å². The monoisotopic (exact) mass is 211 g/mol. The molecule has 0 atom stereocenters. The summed E-state index contributed by atoms with van der Waals surface area (Å²) in [4.78, 5) is 11.4. The fourth-order valence-corrected chi connectivity index (χ4v) is 1.69. The highest BCUT2D eigenvalue weighted by Crippen LogP contribution is 2.31. The van der Waals surface area contributed by atoms with Crippen LogP contribution < -0.4 is 0 Å². The van der Waals surface area contributed by atoms with Gasteiger partial charge in [-0.25, -0.2) is 9.97 Å². The standard InChI is InChI=1S/C12H9N3O/c16-12-4-2-1-3-8(12)9-5-10-11(15-9)6-13-7-14-10/h1-7,16H,(H,13,14). The van der Waals surface area contributed by atoms with Crippen molar-refractivity contribution >= 4 is 0 Å². The Balaban J connectivity index is 2.21. The second kappa shape index (κ2) is 3.34. The summed E-state index contributed by atoms with van der Waals surface area (Å²) in [6, 6.07) is 9.04. The molecule has 0 radical (unpaired) electrons. The molecular weight excluding hydrogens is 202 g/mol. The summed E-state index contributed by atoms with van der Waals surface area (Å²) in [5, 5.41) is 9.72. The van der Waals surface area contributed by atoms with E-state index >= 15 is 0 Å². The first-order valence-corrected chi connectivity index (χ1v) is 4.92. The van der Waals surface area contributed by atoms with Gasteiger partial charge in [0.15, 0.2) is 0 Å². The van der Waals surface area contributed by atoms with E-state index in [9.17, 15) is 5.11 Å². The summed E-state index contributed by atoms with van der Waals surface area (Å²) in [6.45, 7) is 0. The molecule has 0 bridgehead atoms. The number of nitrogens with zero attached hydrogens (tertiary/aromatic N) is 2. The summed E-state index contributed by atoms with van der Waals surface area (Å²) < 4.78 is 0. The summed E-state index contributed by atoms with van der Waals surface area (Å²) in [6.07, 6.45) is 3.30. The van der Waals surface area contributed by atoms with Gasteiger partial charge in [0.1, 0.15) is 11.4 Å². The summed E-state index contributed by atoms with van der Waals surface area (Å²) >= 11 is 0. The van der Waals surface area contributed by atoms with Crippen LogP contribution in [0.5, 0.6) is 5.75 Å². The molecule has 0 spiro atoms. The minimum atomic E-state index is 0.235. The van der Waals surface area contributed by atoms with Gasteiger partial charge in [-0.2, -0.15) is 0 Å². The van der Waals surface area contributed by atoms with Crippen LogP contribution in [0.15, 0.2) is 42.9 Å². The summed E-state index contributed by atoms with van der Waals surface area (Å²) in [5.74, 6) is 0.235. The first kappa shape index (κ1) is 8.91. The lowest BCUT2D eigenvalue weighted by Crippen LogP contribution is -1.82. The molecule has 2 heterocycles. The Morgan fingerprint density at radius 2 is 2.00 bits per heavy atom. The smallest absolute Gasteiger partial charge is 0.124 e. The number of nitrogens with one attached hydrogen (secondary N) is 1. The molecule has 4 nitrogen and oxygen atoms in total. The second-order valence-corrected chi connectivity index (χ2v) is 3.51. The molecule has 0 saturated heterocycles. The number of para-hydroxylation sites is 1. The summed E-state index contributed by atoms with van der Waals surface area (Å²) in [7, 11) is 0. The van der Waals surface area contributed by atoms with Crippen molar-refractivity contribution in [3.63, 3.8) is 0 Å². The van der Waals surface area contributed by atoms with Crippen LogP contribution in [0.1, 0.15) is 0 Å². The average Bonchev–Trinajstić information content (AvgIpc) is 2.73. The van der Waals surface area contributed by atoms with E-state index in [1.54, 1.807) is 24.7 Å². The quantitative estimate of drug-likeness (QED) is 0.649. The molecule has 2 aliphatic rings. The molecule has 0 unspecified atom stereocenters. The molecule has 2 N–H and O–H groups in total. The van der Waals surface area contributed by atoms with E-state index in [0.29, 0.717) is 0 Å². The predicted molar refractivity (Wildman–Crippen MR) is 60.1 cm³/mol. The average molecular weight is 211 g/mol. The van der Waals surface area contributed by atoms with E-state index in [1.807, 2.05) is 18.2 Å². The van der Waals surface area contributed by atoms with Gasteiger partial charge >= 0.3 is 0 Å². The van der Waals surface area contributed by atoms with Crippen molar-refractivity contribution in [2.24, 2.45) is 0 Å². The van der Waals surface area contributed by atoms with Crippen LogP contribution in [0.3, 0.4) is 0 Å². The van der Waals surface area contributed by atoms with Crippen molar-refractivity contribution in [3.05, 3.63) is 42.9 Å². The van der Waals surface area contributed by atoms with Crippen LogP contribution in [-0.2, 0) is 0 Å². The molecule has 1 aromatic carbocycles. The lowest BCUT2D eigenvalue weighted by molar-refractivity contribution is 0.477. The zero-order valence-electron chi connectivity index (χ0n) is 8.38. The van der Waals surface area contributed by atoms with Gasteiger partial charge in [-0.3, -0.25) is 0 Å². The van der Waals surface area contributed by atoms with Crippen LogP contribution in [-0.4, -0.2) is 20.1 Å². The number of hydrogen-bond acceptors (Lipinski definition) is 3. The van der Waals surface area contributed by atoms with Crippen molar-refractivity contribution in [2.45, 2.75) is 0 Å². The normalized spacial score (nSPS) is 10.8. The molecule has 4 heteroatoms. The Labute approximate surface area is 92.0 Å². The molecule has 16 heavy (non-hydrogen) atoms. The van der Waals surface area contributed by atoms with Crippen molar-refractivity contribution < 1.29 is 5.11 Å². The Hall–Kier alpha value is -2.36. The zero-order chi connectivity index (χ0) is 11.0. The number of aromatic amines is 1. The first-order valence-electron chi connectivity index (χ1n) is 4.92. The van der Waals surface area contributed by atoms with Crippen molar-refractivity contribution in [1.82, 2.24) is 15.0 Å². The third-order valence-electron chi connectivity index (χ3n) is 2.47. The van der Waals surface area contributed by atoms with E-state index in [4.69, 9.17) is 0 Å². The highest BCUT2D eigenvalue weighted by Gasteiger charge is 2.12. The molecule has 78 valence electrons. The number of phenolic OH excluding ortho intramolecular Hbond substituents is 1. The molecule has 1 aromatic rings. The van der Waals surface area contributed by atoms with Gasteiger partial charge < -0.3 is 10.1 Å². The number of fused-ring (bicyclic) bond motifs is 1. The SMILES string of the molecule is Oc1ccccc1-c1cc2[nH]cncc-2n1. The number of aromatic hydroxyl groups is 1. The van der Waals surface area contributed by atoms with Crippen molar-refractivity contribution in [3.8, 4) is 28.4 Å². The molecule has 0 fully saturated rings. The molecule has 3 rings (SSSR count). The second-order valence-electron chi connectivity index (χ2n) is 3.51. The maximum absolute atomic E-state index is 9.72. The van der Waals surface area contributed by atoms with Crippen LogP contribution in [0.4, 0.5) is 0 Å². The highest BCUT2D eigenvalue weighted by atomic mass is 16.3. The maximum atomic E-state index is 9.72. The van der Waals surface area contributed by atoms with Crippen molar-refractivity contribution in [1.29, 1.82) is 0 Å². The third kappa shape index (κ3) is 1.32. The number of hydrogen-bond donors (Lipinski definition) is 2. The van der Waals surface area contributed by atoms with E-state index in [2.05, 4.69) is 15.0 Å². The van der Waals surface area contributed by atoms with Gasteiger partial charge in [0.05, 0.1) is 23.9 Å². The van der Waals surface area contributed by atoms with Crippen LogP contribution in [0.2, 0.25) is 0 Å². The maximum Gasteiger partial charge on any atom is 0.124 e. The van der Waals surface area contributed by atoms with Gasteiger partial charge in [0.2, 0.25) is 0 Å². The fraction of sp³-hybridized carbons (Fsp3) is 0. The number of phenols is 1. The molecule has 2 aliphatic heterocycles. The molecular formula is C12H9N3O. The Bertz CT molecular complexity index is 573. The largest absolute Gasteiger partial charge is 0.507 e. The Kier molecular flexibility index (Phi) is 1.86. The van der Waals surface area contributed by atoms with E-state index in [1.165, 1.54) is 0 Å². The predicted octanol–water partition coefficient (Wildman–Crippen LogP) is 2.28. The van der Waals surface area contributed by atoms with E-state index in [-0.39, 0.29) is 5.75 Å².